The molecule has 2 atom stereocenters. The van der Waals surface area contributed by atoms with Gasteiger partial charge in [-0.05, 0) is 43.2 Å². The molecule has 26 heavy (non-hydrogen) atoms. The van der Waals surface area contributed by atoms with Crippen LogP contribution < -0.4 is 5.32 Å². The van der Waals surface area contributed by atoms with Gasteiger partial charge in [-0.2, -0.15) is 0 Å². The first kappa shape index (κ1) is 18.6. The molecule has 6 nitrogen and oxygen atoms in total. The molecule has 3 rings (SSSR count). The van der Waals surface area contributed by atoms with E-state index in [2.05, 4.69) is 21.2 Å². The summed E-state index contributed by atoms with van der Waals surface area (Å²) >= 11 is 3.20. The van der Waals surface area contributed by atoms with Crippen molar-refractivity contribution in [1.82, 2.24) is 4.90 Å². The zero-order chi connectivity index (χ0) is 18.7. The molecule has 1 saturated heterocycles. The molecule has 1 fully saturated rings. The van der Waals surface area contributed by atoms with Crippen LogP contribution in [0, 0.1) is 5.82 Å². The van der Waals surface area contributed by atoms with Gasteiger partial charge in [-0.3, -0.25) is 9.59 Å². The second-order valence-corrected chi connectivity index (χ2v) is 7.06. The highest BCUT2D eigenvalue weighted by atomic mass is 79.9. The number of nitrogens with one attached hydrogen (secondary N) is 1. The summed E-state index contributed by atoms with van der Waals surface area (Å²) in [4.78, 5) is 26.2. The lowest BCUT2D eigenvalue weighted by molar-refractivity contribution is -0.144. The molecule has 1 aromatic heterocycles. The van der Waals surface area contributed by atoms with E-state index in [1.165, 1.54) is 29.4 Å². The number of carbonyl (C=O) groups excluding carboxylic acids is 2. The van der Waals surface area contributed by atoms with Gasteiger partial charge in [0, 0.05) is 23.5 Å². The van der Waals surface area contributed by atoms with Crippen molar-refractivity contribution < 1.29 is 23.5 Å². The number of rotatable bonds is 4. The van der Waals surface area contributed by atoms with E-state index in [0.29, 0.717) is 23.2 Å². The summed E-state index contributed by atoms with van der Waals surface area (Å²) in [5.74, 6) is -1.84. The molecule has 1 aliphatic rings. The lowest BCUT2D eigenvalue weighted by Gasteiger charge is -2.25. The minimum absolute atomic E-state index is 0.0657. The zero-order valence-corrected chi connectivity index (χ0v) is 15.4. The zero-order valence-electron chi connectivity index (χ0n) is 13.8. The van der Waals surface area contributed by atoms with Gasteiger partial charge in [0.25, 0.3) is 0 Å². The van der Waals surface area contributed by atoms with Crippen LogP contribution in [0.15, 0.2) is 45.5 Å². The molecule has 0 spiro atoms. The maximum atomic E-state index is 13.8. The van der Waals surface area contributed by atoms with Crippen LogP contribution in [0.3, 0.4) is 0 Å². The summed E-state index contributed by atoms with van der Waals surface area (Å²) < 4.78 is 19.5. The van der Waals surface area contributed by atoms with Gasteiger partial charge in [-0.25, -0.2) is 4.39 Å². The fourth-order valence-corrected chi connectivity index (χ4v) is 3.46. The molecule has 1 aliphatic heterocycles. The number of hydrogen-bond acceptors (Lipinski definition) is 4. The number of benzene rings is 1. The lowest BCUT2D eigenvalue weighted by atomic mass is 10.1. The second kappa shape index (κ2) is 8.01. The van der Waals surface area contributed by atoms with Crippen molar-refractivity contribution in [2.24, 2.45) is 0 Å². The van der Waals surface area contributed by atoms with Gasteiger partial charge in [0.15, 0.2) is 0 Å². The van der Waals surface area contributed by atoms with Crippen molar-refractivity contribution in [1.29, 1.82) is 0 Å². The van der Waals surface area contributed by atoms with Gasteiger partial charge in [0.2, 0.25) is 0 Å². The number of nitrogens with zero attached hydrogens (tertiary/aromatic N) is 1. The fourth-order valence-electron chi connectivity index (χ4n) is 3.10. The Morgan fingerprint density at radius 3 is 2.96 bits per heavy atom. The van der Waals surface area contributed by atoms with Gasteiger partial charge in [0.1, 0.15) is 17.7 Å². The van der Waals surface area contributed by atoms with Crippen LogP contribution in [0.2, 0.25) is 0 Å². The highest BCUT2D eigenvalue weighted by molar-refractivity contribution is 9.10. The summed E-state index contributed by atoms with van der Waals surface area (Å²) in [5, 5.41) is 12.5. The first-order valence-electron chi connectivity index (χ1n) is 8.24. The minimum Gasteiger partial charge on any atom is -0.467 e. The van der Waals surface area contributed by atoms with E-state index in [1.54, 1.807) is 12.1 Å². The number of hydrogen-bond donors (Lipinski definition) is 2. The van der Waals surface area contributed by atoms with Crippen LogP contribution >= 0.6 is 15.9 Å². The Hall–Kier alpha value is -2.19. The molecular formula is C18H18BrFN2O4. The Balaban J connectivity index is 1.65. The Bertz CT molecular complexity index is 796. The SMILES string of the molecule is O=C(Nc1cc(Br)ccc1F)C(=O)N1CCC[C@H]1C[C@@H](O)c1ccco1. The summed E-state index contributed by atoms with van der Waals surface area (Å²) in [6.07, 6.45) is 2.31. The summed E-state index contributed by atoms with van der Waals surface area (Å²) in [7, 11) is 0. The molecule has 1 aromatic carbocycles. The molecule has 138 valence electrons. The van der Waals surface area contributed by atoms with Crippen LogP contribution in [-0.4, -0.2) is 34.4 Å². The lowest BCUT2D eigenvalue weighted by Crippen LogP contribution is -2.43. The number of likely N-dealkylation sites (tertiary alicyclic amines) is 1. The summed E-state index contributed by atoms with van der Waals surface area (Å²) in [5.41, 5.74) is -0.0657. The van der Waals surface area contributed by atoms with E-state index in [9.17, 15) is 19.1 Å². The van der Waals surface area contributed by atoms with Crippen LogP contribution in [0.1, 0.15) is 31.1 Å². The van der Waals surface area contributed by atoms with Crippen LogP contribution in [0.5, 0.6) is 0 Å². The van der Waals surface area contributed by atoms with Gasteiger partial charge in [-0.1, -0.05) is 15.9 Å². The number of aliphatic hydroxyl groups is 1. The molecule has 0 bridgehead atoms. The van der Waals surface area contributed by atoms with Crippen molar-refractivity contribution in [2.75, 3.05) is 11.9 Å². The third kappa shape index (κ3) is 4.13. The van der Waals surface area contributed by atoms with E-state index in [-0.39, 0.29) is 18.2 Å². The van der Waals surface area contributed by atoms with E-state index < -0.39 is 23.7 Å². The smallest absolute Gasteiger partial charge is 0.313 e. The Morgan fingerprint density at radius 1 is 1.42 bits per heavy atom. The molecule has 2 aromatic rings. The normalized spacial score (nSPS) is 18.0. The molecular weight excluding hydrogens is 407 g/mol. The Labute approximate surface area is 158 Å². The van der Waals surface area contributed by atoms with Crippen LogP contribution in [-0.2, 0) is 9.59 Å². The molecule has 8 heteroatoms. The van der Waals surface area contributed by atoms with Crippen LogP contribution in [0.4, 0.5) is 10.1 Å². The number of aliphatic hydroxyl groups excluding tert-OH is 1. The number of furan rings is 1. The number of halogens is 2. The largest absolute Gasteiger partial charge is 0.467 e. The van der Waals surface area contributed by atoms with Crippen molar-refractivity contribution in [3.05, 3.63) is 52.6 Å². The monoisotopic (exact) mass is 424 g/mol. The maximum Gasteiger partial charge on any atom is 0.313 e. The quantitative estimate of drug-likeness (QED) is 0.737. The van der Waals surface area contributed by atoms with Crippen LogP contribution in [0.25, 0.3) is 0 Å². The topological polar surface area (TPSA) is 82.8 Å². The van der Waals surface area contributed by atoms with Crippen molar-refractivity contribution in [3.63, 3.8) is 0 Å². The van der Waals surface area contributed by atoms with E-state index in [1.807, 2.05) is 0 Å². The van der Waals surface area contributed by atoms with Gasteiger partial charge < -0.3 is 19.7 Å². The standard InChI is InChI=1S/C18H18BrFN2O4/c19-11-5-6-13(20)14(9-11)21-17(24)18(25)22-7-1-3-12(22)10-15(23)16-4-2-8-26-16/h2,4-6,8-9,12,15,23H,1,3,7,10H2,(H,21,24)/t12-,15+/m0/s1. The average Bonchev–Trinajstić information content (AvgIpc) is 3.29. The molecule has 0 saturated carbocycles. The average molecular weight is 425 g/mol. The maximum absolute atomic E-state index is 13.8. The first-order chi connectivity index (χ1) is 12.5. The van der Waals surface area contributed by atoms with Gasteiger partial charge in [0.05, 0.1) is 12.0 Å². The van der Waals surface area contributed by atoms with Crippen molar-refractivity contribution in [3.8, 4) is 0 Å². The Morgan fingerprint density at radius 2 is 2.23 bits per heavy atom. The first-order valence-corrected chi connectivity index (χ1v) is 9.03. The molecule has 0 aliphatic carbocycles. The third-order valence-corrected chi connectivity index (χ3v) is 4.87. The van der Waals surface area contributed by atoms with Gasteiger partial charge in [-0.15, -0.1) is 0 Å². The Kier molecular flexibility index (Phi) is 5.73. The molecule has 0 unspecified atom stereocenters. The predicted molar refractivity (Wildman–Crippen MR) is 95.7 cm³/mol. The van der Waals surface area contributed by atoms with Gasteiger partial charge >= 0.3 is 11.8 Å². The summed E-state index contributed by atoms with van der Waals surface area (Å²) in [6, 6.07) is 7.15. The highest BCUT2D eigenvalue weighted by Gasteiger charge is 2.34. The van der Waals surface area contributed by atoms with E-state index in [4.69, 9.17) is 4.42 Å². The molecule has 2 N–H and O–H groups in total. The molecule has 2 amide bonds. The number of amides is 2. The molecule has 2 heterocycles. The predicted octanol–water partition coefficient (Wildman–Crippen LogP) is 3.23. The third-order valence-electron chi connectivity index (χ3n) is 4.38. The van der Waals surface area contributed by atoms with E-state index >= 15 is 0 Å². The number of anilines is 1. The summed E-state index contributed by atoms with van der Waals surface area (Å²) in [6.45, 7) is 0.419. The number of carbonyl (C=O) groups is 2. The second-order valence-electron chi connectivity index (χ2n) is 6.14. The minimum atomic E-state index is -0.901. The van der Waals surface area contributed by atoms with Crippen molar-refractivity contribution in [2.45, 2.75) is 31.4 Å². The van der Waals surface area contributed by atoms with E-state index in [0.717, 1.165) is 6.42 Å². The molecule has 0 radical (unpaired) electrons. The highest BCUT2D eigenvalue weighted by Crippen LogP contribution is 2.28. The van der Waals surface area contributed by atoms with Crippen molar-refractivity contribution >= 4 is 33.4 Å². The fraction of sp³-hybridized carbons (Fsp3) is 0.333.